The lowest BCUT2D eigenvalue weighted by Gasteiger charge is -2.11. The second-order valence-corrected chi connectivity index (χ2v) is 3.67. The fourth-order valence-electron chi connectivity index (χ4n) is 1.66. The molecule has 0 saturated heterocycles. The molecular formula is C11H11N2O3-. The monoisotopic (exact) mass is 219 g/mol. The zero-order chi connectivity index (χ0) is 11.7. The molecule has 1 aromatic carbocycles. The number of carboxylic acids is 1. The van der Waals surface area contributed by atoms with Crippen LogP contribution in [0.5, 0.6) is 5.75 Å². The Balaban J connectivity index is 2.37. The fourth-order valence-corrected chi connectivity index (χ4v) is 1.66. The van der Waals surface area contributed by atoms with Crippen LogP contribution < -0.4 is 10.8 Å². The summed E-state index contributed by atoms with van der Waals surface area (Å²) in [5.41, 5.74) is 6.98. The zero-order valence-corrected chi connectivity index (χ0v) is 8.43. The SMILES string of the molecule is NC(Cc1c[nH]c2ccc(O)cc12)C(=O)[O-]. The topological polar surface area (TPSA) is 102 Å². The van der Waals surface area contributed by atoms with E-state index in [4.69, 9.17) is 5.73 Å². The van der Waals surface area contributed by atoms with E-state index in [0.29, 0.717) is 0 Å². The number of aromatic amines is 1. The number of carbonyl (C=O) groups excluding carboxylic acids is 1. The number of phenols is 1. The Morgan fingerprint density at radius 1 is 1.56 bits per heavy atom. The molecule has 0 radical (unpaired) electrons. The van der Waals surface area contributed by atoms with Gasteiger partial charge in [-0.25, -0.2) is 0 Å². The number of aliphatic carboxylic acids is 1. The molecule has 4 N–H and O–H groups in total. The summed E-state index contributed by atoms with van der Waals surface area (Å²) < 4.78 is 0. The average Bonchev–Trinajstić information content (AvgIpc) is 2.61. The van der Waals surface area contributed by atoms with E-state index in [9.17, 15) is 15.0 Å². The highest BCUT2D eigenvalue weighted by Crippen LogP contribution is 2.23. The van der Waals surface area contributed by atoms with Crippen molar-refractivity contribution in [3.05, 3.63) is 30.0 Å². The van der Waals surface area contributed by atoms with Gasteiger partial charge in [0.15, 0.2) is 0 Å². The molecular weight excluding hydrogens is 208 g/mol. The molecule has 5 heteroatoms. The number of aromatic nitrogens is 1. The van der Waals surface area contributed by atoms with E-state index in [1.807, 2.05) is 0 Å². The number of hydrogen-bond donors (Lipinski definition) is 3. The molecule has 1 unspecified atom stereocenters. The number of carboxylic acid groups (broad SMARTS) is 1. The lowest BCUT2D eigenvalue weighted by molar-refractivity contribution is -0.307. The van der Waals surface area contributed by atoms with E-state index in [1.165, 1.54) is 0 Å². The molecule has 0 aliphatic carbocycles. The van der Waals surface area contributed by atoms with Gasteiger partial charge in [-0.15, -0.1) is 0 Å². The first-order valence-corrected chi connectivity index (χ1v) is 4.83. The van der Waals surface area contributed by atoms with Crippen LogP contribution in [0.15, 0.2) is 24.4 Å². The van der Waals surface area contributed by atoms with E-state index in [1.54, 1.807) is 24.4 Å². The molecule has 0 bridgehead atoms. The number of rotatable bonds is 3. The molecule has 0 saturated carbocycles. The Labute approximate surface area is 91.5 Å². The molecule has 0 spiro atoms. The van der Waals surface area contributed by atoms with E-state index in [2.05, 4.69) is 4.98 Å². The van der Waals surface area contributed by atoms with Crippen molar-refractivity contribution in [1.82, 2.24) is 4.98 Å². The summed E-state index contributed by atoms with van der Waals surface area (Å²) in [4.78, 5) is 13.5. The quantitative estimate of drug-likeness (QED) is 0.647. The minimum Gasteiger partial charge on any atom is -0.548 e. The van der Waals surface area contributed by atoms with Crippen molar-refractivity contribution in [1.29, 1.82) is 0 Å². The Morgan fingerprint density at radius 2 is 2.31 bits per heavy atom. The van der Waals surface area contributed by atoms with Gasteiger partial charge in [-0.1, -0.05) is 0 Å². The summed E-state index contributed by atoms with van der Waals surface area (Å²) >= 11 is 0. The van der Waals surface area contributed by atoms with Gasteiger partial charge in [-0.05, 0) is 30.2 Å². The second-order valence-electron chi connectivity index (χ2n) is 3.67. The molecule has 0 fully saturated rings. The van der Waals surface area contributed by atoms with Crippen LogP contribution in [0.4, 0.5) is 0 Å². The van der Waals surface area contributed by atoms with Crippen LogP contribution in [0.1, 0.15) is 5.56 Å². The van der Waals surface area contributed by atoms with Gasteiger partial charge in [0.2, 0.25) is 0 Å². The Kier molecular flexibility index (Phi) is 2.54. The smallest absolute Gasteiger partial charge is 0.116 e. The maximum absolute atomic E-state index is 10.5. The van der Waals surface area contributed by atoms with E-state index >= 15 is 0 Å². The van der Waals surface area contributed by atoms with Gasteiger partial charge in [0.05, 0.1) is 5.97 Å². The first-order valence-electron chi connectivity index (χ1n) is 4.83. The minimum absolute atomic E-state index is 0.135. The highest BCUT2D eigenvalue weighted by atomic mass is 16.4. The number of nitrogens with one attached hydrogen (secondary N) is 1. The molecule has 1 atom stereocenters. The third kappa shape index (κ3) is 1.85. The summed E-state index contributed by atoms with van der Waals surface area (Å²) in [7, 11) is 0. The number of carbonyl (C=O) groups is 1. The summed E-state index contributed by atoms with van der Waals surface area (Å²) in [5.74, 6) is -1.15. The Morgan fingerprint density at radius 3 is 3.00 bits per heavy atom. The van der Waals surface area contributed by atoms with Crippen molar-refractivity contribution in [3.63, 3.8) is 0 Å². The summed E-state index contributed by atoms with van der Waals surface area (Å²) in [5, 5.41) is 20.7. The van der Waals surface area contributed by atoms with Gasteiger partial charge in [0.1, 0.15) is 5.75 Å². The van der Waals surface area contributed by atoms with Crippen LogP contribution in [0.2, 0.25) is 0 Å². The number of aromatic hydroxyl groups is 1. The maximum Gasteiger partial charge on any atom is 0.116 e. The highest BCUT2D eigenvalue weighted by Gasteiger charge is 2.09. The van der Waals surface area contributed by atoms with Crippen molar-refractivity contribution < 1.29 is 15.0 Å². The van der Waals surface area contributed by atoms with E-state index < -0.39 is 12.0 Å². The number of hydrogen-bond acceptors (Lipinski definition) is 4. The van der Waals surface area contributed by atoms with E-state index in [0.717, 1.165) is 16.5 Å². The van der Waals surface area contributed by atoms with Crippen molar-refractivity contribution >= 4 is 16.9 Å². The van der Waals surface area contributed by atoms with Crippen molar-refractivity contribution in [2.45, 2.75) is 12.5 Å². The molecule has 1 heterocycles. The molecule has 2 rings (SSSR count). The normalized spacial score (nSPS) is 12.8. The Hall–Kier alpha value is -2.01. The largest absolute Gasteiger partial charge is 0.548 e. The average molecular weight is 219 g/mol. The van der Waals surface area contributed by atoms with Crippen LogP contribution in [-0.2, 0) is 11.2 Å². The summed E-state index contributed by atoms with van der Waals surface area (Å²) in [6.07, 6.45) is 1.86. The fraction of sp³-hybridized carbons (Fsp3) is 0.182. The first-order chi connectivity index (χ1) is 7.58. The van der Waals surface area contributed by atoms with Gasteiger partial charge < -0.3 is 25.7 Å². The number of fused-ring (bicyclic) bond motifs is 1. The molecule has 0 aliphatic rings. The lowest BCUT2D eigenvalue weighted by atomic mass is 10.1. The van der Waals surface area contributed by atoms with Crippen LogP contribution in [0.3, 0.4) is 0 Å². The Bertz CT molecular complexity index is 533. The molecule has 84 valence electrons. The van der Waals surface area contributed by atoms with Gasteiger partial charge in [0.25, 0.3) is 0 Å². The number of benzene rings is 1. The van der Waals surface area contributed by atoms with Crippen LogP contribution in [0.25, 0.3) is 10.9 Å². The van der Waals surface area contributed by atoms with Gasteiger partial charge in [0, 0.05) is 23.1 Å². The molecule has 1 aromatic heterocycles. The van der Waals surface area contributed by atoms with Crippen molar-refractivity contribution in [2.75, 3.05) is 0 Å². The highest BCUT2D eigenvalue weighted by molar-refractivity contribution is 5.85. The zero-order valence-electron chi connectivity index (χ0n) is 8.43. The maximum atomic E-state index is 10.5. The second kappa shape index (κ2) is 3.86. The molecule has 2 aromatic rings. The first kappa shape index (κ1) is 10.5. The van der Waals surface area contributed by atoms with Crippen LogP contribution in [0, 0.1) is 0 Å². The lowest BCUT2D eigenvalue weighted by Crippen LogP contribution is -2.43. The molecule has 5 nitrogen and oxygen atoms in total. The number of nitrogens with two attached hydrogens (primary N) is 1. The standard InChI is InChI=1S/C11H12N2O3/c12-9(11(15)16)3-6-5-13-10-2-1-7(14)4-8(6)10/h1-2,4-5,9,13-14H,3,12H2,(H,15,16)/p-1. The number of phenolic OH excluding ortho intramolecular Hbond substituents is 1. The van der Waals surface area contributed by atoms with Crippen LogP contribution in [-0.4, -0.2) is 22.1 Å². The van der Waals surface area contributed by atoms with Gasteiger partial charge in [-0.3, -0.25) is 0 Å². The van der Waals surface area contributed by atoms with Crippen LogP contribution >= 0.6 is 0 Å². The summed E-state index contributed by atoms with van der Waals surface area (Å²) in [6.45, 7) is 0. The third-order valence-corrected chi connectivity index (χ3v) is 2.49. The molecule has 16 heavy (non-hydrogen) atoms. The predicted molar refractivity (Wildman–Crippen MR) is 56.6 cm³/mol. The molecule has 0 aliphatic heterocycles. The third-order valence-electron chi connectivity index (χ3n) is 2.49. The van der Waals surface area contributed by atoms with E-state index in [-0.39, 0.29) is 12.2 Å². The predicted octanol–water partition coefficient (Wildman–Crippen LogP) is -0.507. The van der Waals surface area contributed by atoms with Gasteiger partial charge >= 0.3 is 0 Å². The van der Waals surface area contributed by atoms with Crippen molar-refractivity contribution in [2.24, 2.45) is 5.73 Å². The van der Waals surface area contributed by atoms with Gasteiger partial charge in [-0.2, -0.15) is 0 Å². The molecule has 0 amide bonds. The number of H-pyrrole nitrogens is 1. The minimum atomic E-state index is -1.28. The van der Waals surface area contributed by atoms with Crippen molar-refractivity contribution in [3.8, 4) is 5.75 Å². The summed E-state index contributed by atoms with van der Waals surface area (Å²) in [6, 6.07) is 3.81.